The Morgan fingerprint density at radius 2 is 2.40 bits per heavy atom. The quantitative estimate of drug-likeness (QED) is 0.644. The van der Waals surface area contributed by atoms with Gasteiger partial charge in [-0.1, -0.05) is 11.6 Å². The predicted molar refractivity (Wildman–Crippen MR) is 42.2 cm³/mol. The highest BCUT2D eigenvalue weighted by Crippen LogP contribution is 2.07. The van der Waals surface area contributed by atoms with E-state index in [1.54, 1.807) is 13.2 Å². The second kappa shape index (κ2) is 3.54. The minimum atomic E-state index is 0.664. The Balaban J connectivity index is 2.69. The first-order chi connectivity index (χ1) is 4.83. The van der Waals surface area contributed by atoms with Gasteiger partial charge in [-0.25, -0.2) is 0 Å². The maximum Gasteiger partial charge on any atom is 0.0589 e. The Morgan fingerprint density at radius 3 is 2.90 bits per heavy atom. The second-order valence-electron chi connectivity index (χ2n) is 1.94. The molecule has 0 spiro atoms. The van der Waals surface area contributed by atoms with Crippen molar-refractivity contribution in [3.8, 4) is 0 Å². The van der Waals surface area contributed by atoms with Crippen LogP contribution in [0.1, 0.15) is 5.69 Å². The lowest BCUT2D eigenvalue weighted by Crippen LogP contribution is -1.85. The van der Waals surface area contributed by atoms with Crippen molar-refractivity contribution in [2.75, 3.05) is 7.05 Å². The molecule has 0 aliphatic heterocycles. The molecule has 0 unspecified atom stereocenters. The third kappa shape index (κ3) is 1.97. The van der Waals surface area contributed by atoms with E-state index in [-0.39, 0.29) is 0 Å². The SMILES string of the molecule is C[N-]Cc1ccc(Cl)cn1. The van der Waals surface area contributed by atoms with Gasteiger partial charge < -0.3 is 5.32 Å². The average Bonchev–Trinajstić information content (AvgIpc) is 1.95. The third-order valence-electron chi connectivity index (χ3n) is 1.11. The van der Waals surface area contributed by atoms with Crippen LogP contribution in [-0.4, -0.2) is 12.0 Å². The van der Waals surface area contributed by atoms with Gasteiger partial charge in [-0.05, 0) is 12.1 Å². The molecule has 2 nitrogen and oxygen atoms in total. The summed E-state index contributed by atoms with van der Waals surface area (Å²) < 4.78 is 0. The average molecular weight is 156 g/mol. The molecule has 0 aliphatic carbocycles. The molecule has 0 atom stereocenters. The van der Waals surface area contributed by atoms with Crippen LogP contribution >= 0.6 is 11.6 Å². The molecule has 1 rings (SSSR count). The highest BCUT2D eigenvalue weighted by Gasteiger charge is 1.86. The summed E-state index contributed by atoms with van der Waals surface area (Å²) in [6.45, 7) is 0.664. The molecule has 1 aromatic rings. The predicted octanol–water partition coefficient (Wildman–Crippen LogP) is 2.24. The Morgan fingerprint density at radius 1 is 1.60 bits per heavy atom. The molecule has 54 valence electrons. The topological polar surface area (TPSA) is 27.0 Å². The Kier molecular flexibility index (Phi) is 2.66. The molecule has 0 amide bonds. The Hall–Kier alpha value is -0.600. The first kappa shape index (κ1) is 7.51. The van der Waals surface area contributed by atoms with E-state index in [1.807, 2.05) is 12.1 Å². The van der Waals surface area contributed by atoms with Crippen LogP contribution in [0.5, 0.6) is 0 Å². The lowest BCUT2D eigenvalue weighted by atomic mass is 10.3. The van der Waals surface area contributed by atoms with Crippen LogP contribution in [0.15, 0.2) is 18.3 Å². The van der Waals surface area contributed by atoms with Gasteiger partial charge in [0, 0.05) is 11.9 Å². The van der Waals surface area contributed by atoms with Gasteiger partial charge in [-0.2, -0.15) is 7.05 Å². The summed E-state index contributed by atoms with van der Waals surface area (Å²) in [4.78, 5) is 4.04. The zero-order valence-corrected chi connectivity index (χ0v) is 6.47. The molecule has 0 aromatic carbocycles. The Labute approximate surface area is 65.2 Å². The normalized spacial score (nSPS) is 9.80. The van der Waals surface area contributed by atoms with Gasteiger partial charge in [0.15, 0.2) is 0 Å². The highest BCUT2D eigenvalue weighted by molar-refractivity contribution is 6.30. The summed E-state index contributed by atoms with van der Waals surface area (Å²) in [6, 6.07) is 3.68. The van der Waals surface area contributed by atoms with E-state index in [9.17, 15) is 0 Å². The van der Waals surface area contributed by atoms with Gasteiger partial charge in [0.25, 0.3) is 0 Å². The summed E-state index contributed by atoms with van der Waals surface area (Å²) >= 11 is 5.62. The van der Waals surface area contributed by atoms with Crippen LogP contribution < -0.4 is 0 Å². The molecule has 0 fully saturated rings. The fourth-order valence-electron chi connectivity index (χ4n) is 0.662. The molecular weight excluding hydrogens is 148 g/mol. The van der Waals surface area contributed by atoms with Crippen molar-refractivity contribution in [1.82, 2.24) is 4.98 Å². The van der Waals surface area contributed by atoms with Crippen LogP contribution in [0.2, 0.25) is 5.02 Å². The maximum atomic E-state index is 5.62. The first-order valence-corrected chi connectivity index (χ1v) is 3.37. The van der Waals surface area contributed by atoms with Crippen LogP contribution in [0.25, 0.3) is 5.32 Å². The lowest BCUT2D eigenvalue weighted by Gasteiger charge is -2.08. The summed E-state index contributed by atoms with van der Waals surface area (Å²) in [5, 5.41) is 4.60. The molecule has 0 bridgehead atoms. The largest absolute Gasteiger partial charge is 0.660 e. The van der Waals surface area contributed by atoms with E-state index in [0.717, 1.165) is 5.69 Å². The number of rotatable bonds is 2. The number of nitrogens with zero attached hydrogens (tertiary/aromatic N) is 2. The van der Waals surface area contributed by atoms with Crippen molar-refractivity contribution in [3.63, 3.8) is 0 Å². The van der Waals surface area contributed by atoms with Crippen molar-refractivity contribution in [3.05, 3.63) is 34.4 Å². The number of aromatic nitrogens is 1. The number of hydrogen-bond donors (Lipinski definition) is 0. The second-order valence-corrected chi connectivity index (χ2v) is 2.38. The molecule has 0 N–H and O–H groups in total. The van der Waals surface area contributed by atoms with E-state index in [2.05, 4.69) is 10.3 Å². The number of pyridine rings is 1. The zero-order chi connectivity index (χ0) is 7.40. The smallest absolute Gasteiger partial charge is 0.0589 e. The van der Waals surface area contributed by atoms with Crippen LogP contribution in [-0.2, 0) is 6.54 Å². The molecule has 1 aromatic heterocycles. The number of hydrogen-bond acceptors (Lipinski definition) is 1. The van der Waals surface area contributed by atoms with Crippen molar-refractivity contribution >= 4 is 11.6 Å². The van der Waals surface area contributed by atoms with E-state index >= 15 is 0 Å². The van der Waals surface area contributed by atoms with Crippen molar-refractivity contribution < 1.29 is 0 Å². The molecular formula is C7H8ClN2-. The molecule has 0 aliphatic rings. The van der Waals surface area contributed by atoms with E-state index in [1.165, 1.54) is 0 Å². The van der Waals surface area contributed by atoms with Crippen molar-refractivity contribution in [1.29, 1.82) is 0 Å². The molecule has 3 heteroatoms. The standard InChI is InChI=1S/C7H8ClN2/c1-9-5-7-3-2-6(8)4-10-7/h2-4H,5H2,1H3/q-1. The lowest BCUT2D eigenvalue weighted by molar-refractivity contribution is 1.07. The zero-order valence-electron chi connectivity index (χ0n) is 5.71. The minimum absolute atomic E-state index is 0.664. The summed E-state index contributed by atoms with van der Waals surface area (Å²) in [5.41, 5.74) is 0.951. The van der Waals surface area contributed by atoms with Gasteiger partial charge in [-0.3, -0.25) is 4.98 Å². The van der Waals surface area contributed by atoms with E-state index in [4.69, 9.17) is 11.6 Å². The fraction of sp³-hybridized carbons (Fsp3) is 0.286. The minimum Gasteiger partial charge on any atom is -0.660 e. The van der Waals surface area contributed by atoms with Gasteiger partial charge >= 0.3 is 0 Å². The van der Waals surface area contributed by atoms with Gasteiger partial charge in [0.1, 0.15) is 0 Å². The molecule has 0 radical (unpaired) electrons. The number of halogens is 1. The van der Waals surface area contributed by atoms with E-state index < -0.39 is 0 Å². The Bertz CT molecular complexity index is 195. The molecule has 1 heterocycles. The molecule has 10 heavy (non-hydrogen) atoms. The van der Waals surface area contributed by atoms with Gasteiger partial charge in [0.2, 0.25) is 0 Å². The van der Waals surface area contributed by atoms with Crippen LogP contribution in [0.3, 0.4) is 0 Å². The van der Waals surface area contributed by atoms with Crippen LogP contribution in [0.4, 0.5) is 0 Å². The van der Waals surface area contributed by atoms with Gasteiger partial charge in [0.05, 0.1) is 5.02 Å². The summed E-state index contributed by atoms with van der Waals surface area (Å²) in [7, 11) is 1.76. The third-order valence-corrected chi connectivity index (χ3v) is 1.33. The molecule has 0 saturated heterocycles. The molecule has 0 saturated carbocycles. The van der Waals surface area contributed by atoms with Crippen molar-refractivity contribution in [2.45, 2.75) is 6.54 Å². The fourth-order valence-corrected chi connectivity index (χ4v) is 0.774. The first-order valence-electron chi connectivity index (χ1n) is 2.99. The highest BCUT2D eigenvalue weighted by atomic mass is 35.5. The summed E-state index contributed by atoms with van der Waals surface area (Å²) in [5.74, 6) is 0. The maximum absolute atomic E-state index is 5.62. The monoisotopic (exact) mass is 155 g/mol. The van der Waals surface area contributed by atoms with Gasteiger partial charge in [-0.15, -0.1) is 6.54 Å². The van der Waals surface area contributed by atoms with Crippen molar-refractivity contribution in [2.24, 2.45) is 0 Å². The van der Waals surface area contributed by atoms with E-state index in [0.29, 0.717) is 11.6 Å². The van der Waals surface area contributed by atoms with Crippen LogP contribution in [0, 0.1) is 0 Å². The summed E-state index contributed by atoms with van der Waals surface area (Å²) in [6.07, 6.45) is 1.63.